The van der Waals surface area contributed by atoms with Crippen molar-refractivity contribution in [1.29, 1.82) is 0 Å². The number of benzene rings is 2. The van der Waals surface area contributed by atoms with Gasteiger partial charge in [0.1, 0.15) is 24.0 Å². The van der Waals surface area contributed by atoms with Crippen LogP contribution in [0.5, 0.6) is 5.75 Å². The van der Waals surface area contributed by atoms with E-state index >= 15 is 0 Å². The second-order valence-electron chi connectivity index (χ2n) is 3.90. The van der Waals surface area contributed by atoms with Crippen molar-refractivity contribution in [3.8, 4) is 5.75 Å². The molecule has 0 radical (unpaired) electrons. The van der Waals surface area contributed by atoms with Crippen LogP contribution in [0.15, 0.2) is 42.5 Å². The van der Waals surface area contributed by atoms with Crippen molar-refractivity contribution >= 4 is 5.97 Å². The maximum Gasteiger partial charge on any atom is 0.335 e. The van der Waals surface area contributed by atoms with Crippen molar-refractivity contribution in [2.24, 2.45) is 0 Å². The Hall–Kier alpha value is -2.43. The number of carboxylic acid groups (broad SMARTS) is 1. The SMILES string of the molecule is O=C(O)c1cc(F)cc(COc2ccc(F)cc2)c1. The first-order valence-corrected chi connectivity index (χ1v) is 5.46. The van der Waals surface area contributed by atoms with E-state index in [2.05, 4.69) is 0 Å². The number of carbonyl (C=O) groups is 1. The number of rotatable bonds is 4. The van der Waals surface area contributed by atoms with Gasteiger partial charge in [-0.2, -0.15) is 0 Å². The highest BCUT2D eigenvalue weighted by atomic mass is 19.1. The molecule has 5 heteroatoms. The van der Waals surface area contributed by atoms with Gasteiger partial charge < -0.3 is 9.84 Å². The van der Waals surface area contributed by atoms with Crippen molar-refractivity contribution < 1.29 is 23.4 Å². The van der Waals surface area contributed by atoms with Crippen LogP contribution in [0.3, 0.4) is 0 Å². The first kappa shape index (κ1) is 13.0. The van der Waals surface area contributed by atoms with Gasteiger partial charge in [-0.25, -0.2) is 13.6 Å². The normalized spacial score (nSPS) is 10.2. The molecule has 3 nitrogen and oxygen atoms in total. The molecule has 2 aromatic rings. The fraction of sp³-hybridized carbons (Fsp3) is 0.0714. The second-order valence-corrected chi connectivity index (χ2v) is 3.90. The molecule has 0 aliphatic carbocycles. The fourth-order valence-electron chi connectivity index (χ4n) is 1.55. The van der Waals surface area contributed by atoms with E-state index < -0.39 is 11.8 Å². The molecule has 0 aromatic heterocycles. The predicted octanol–water partition coefficient (Wildman–Crippen LogP) is 3.24. The summed E-state index contributed by atoms with van der Waals surface area (Å²) >= 11 is 0. The molecule has 2 rings (SSSR count). The number of hydrogen-bond acceptors (Lipinski definition) is 2. The molecule has 0 aliphatic heterocycles. The third-order valence-corrected chi connectivity index (χ3v) is 2.42. The molecule has 19 heavy (non-hydrogen) atoms. The first-order chi connectivity index (χ1) is 9.04. The summed E-state index contributed by atoms with van der Waals surface area (Å²) in [5.41, 5.74) is 0.249. The Labute approximate surface area is 108 Å². The van der Waals surface area contributed by atoms with Crippen LogP contribution < -0.4 is 4.74 Å². The van der Waals surface area contributed by atoms with Crippen LogP contribution >= 0.6 is 0 Å². The standard InChI is InChI=1S/C14H10F2O3/c15-11-1-3-13(4-2-11)19-8-9-5-10(14(17)18)7-12(16)6-9/h1-7H,8H2,(H,17,18). The van der Waals surface area contributed by atoms with Gasteiger partial charge in [-0.1, -0.05) is 0 Å². The van der Waals surface area contributed by atoms with E-state index in [1.54, 1.807) is 0 Å². The molecule has 98 valence electrons. The van der Waals surface area contributed by atoms with Gasteiger partial charge in [0.05, 0.1) is 5.56 Å². The summed E-state index contributed by atoms with van der Waals surface area (Å²) in [4.78, 5) is 10.8. The Balaban J connectivity index is 2.11. The smallest absolute Gasteiger partial charge is 0.335 e. The minimum atomic E-state index is -1.21. The second kappa shape index (κ2) is 5.48. The zero-order chi connectivity index (χ0) is 13.8. The van der Waals surface area contributed by atoms with Crippen LogP contribution in [0.2, 0.25) is 0 Å². The molecule has 0 aliphatic rings. The van der Waals surface area contributed by atoms with Gasteiger partial charge in [-0.05, 0) is 48.0 Å². The Morgan fingerprint density at radius 1 is 1.05 bits per heavy atom. The Bertz CT molecular complexity index is 594. The molecule has 0 saturated heterocycles. The minimum absolute atomic E-state index is 0.00364. The average molecular weight is 264 g/mol. The summed E-state index contributed by atoms with van der Waals surface area (Å²) in [6.07, 6.45) is 0. The quantitative estimate of drug-likeness (QED) is 0.922. The van der Waals surface area contributed by atoms with E-state index in [0.29, 0.717) is 11.3 Å². The number of carboxylic acids is 1. The number of ether oxygens (including phenoxy) is 1. The summed E-state index contributed by atoms with van der Waals surface area (Å²) in [6.45, 7) is 0.00364. The summed E-state index contributed by atoms with van der Waals surface area (Å²) in [6, 6.07) is 8.81. The first-order valence-electron chi connectivity index (χ1n) is 5.46. The summed E-state index contributed by atoms with van der Waals surface area (Å²) in [5.74, 6) is -1.81. The number of aromatic carboxylic acids is 1. The molecule has 0 saturated carbocycles. The molecule has 0 fully saturated rings. The molecule has 1 N–H and O–H groups in total. The average Bonchev–Trinajstić information content (AvgIpc) is 2.37. The number of halogens is 2. The lowest BCUT2D eigenvalue weighted by Gasteiger charge is -2.07. The Kier molecular flexibility index (Phi) is 3.75. The van der Waals surface area contributed by atoms with Crippen LogP contribution in [0.1, 0.15) is 15.9 Å². The Morgan fingerprint density at radius 3 is 2.37 bits per heavy atom. The van der Waals surface area contributed by atoms with Gasteiger partial charge in [0.25, 0.3) is 0 Å². The summed E-state index contributed by atoms with van der Waals surface area (Å²) < 4.78 is 31.2. The summed E-state index contributed by atoms with van der Waals surface area (Å²) in [5, 5.41) is 8.80. The molecule has 0 unspecified atom stereocenters. The number of hydrogen-bond donors (Lipinski definition) is 1. The molecular formula is C14H10F2O3. The maximum atomic E-state index is 13.2. The van der Waals surface area contributed by atoms with Crippen LogP contribution in [0.4, 0.5) is 8.78 Å². The minimum Gasteiger partial charge on any atom is -0.489 e. The zero-order valence-corrected chi connectivity index (χ0v) is 9.77. The lowest BCUT2D eigenvalue weighted by Crippen LogP contribution is -2.02. The van der Waals surface area contributed by atoms with E-state index in [1.165, 1.54) is 36.4 Å². The van der Waals surface area contributed by atoms with Gasteiger partial charge >= 0.3 is 5.97 Å². The molecule has 0 atom stereocenters. The molecule has 2 aromatic carbocycles. The van der Waals surface area contributed by atoms with E-state index in [4.69, 9.17) is 9.84 Å². The molecule has 0 heterocycles. The van der Waals surface area contributed by atoms with E-state index in [1.807, 2.05) is 0 Å². The predicted molar refractivity (Wildman–Crippen MR) is 64.1 cm³/mol. The van der Waals surface area contributed by atoms with Crippen molar-refractivity contribution in [2.75, 3.05) is 0 Å². The lowest BCUT2D eigenvalue weighted by molar-refractivity contribution is 0.0696. The molecular weight excluding hydrogens is 254 g/mol. The van der Waals surface area contributed by atoms with Crippen LogP contribution in [-0.4, -0.2) is 11.1 Å². The highest BCUT2D eigenvalue weighted by Crippen LogP contribution is 2.15. The van der Waals surface area contributed by atoms with Gasteiger partial charge in [0.2, 0.25) is 0 Å². The Morgan fingerprint density at radius 2 is 1.74 bits per heavy atom. The van der Waals surface area contributed by atoms with Gasteiger partial charge in [0.15, 0.2) is 0 Å². The van der Waals surface area contributed by atoms with Gasteiger partial charge in [-0.15, -0.1) is 0 Å². The monoisotopic (exact) mass is 264 g/mol. The van der Waals surface area contributed by atoms with E-state index in [9.17, 15) is 13.6 Å². The largest absolute Gasteiger partial charge is 0.489 e. The molecule has 0 bridgehead atoms. The van der Waals surface area contributed by atoms with Crippen LogP contribution in [-0.2, 0) is 6.61 Å². The zero-order valence-electron chi connectivity index (χ0n) is 9.77. The lowest BCUT2D eigenvalue weighted by atomic mass is 10.1. The fourth-order valence-corrected chi connectivity index (χ4v) is 1.55. The third-order valence-electron chi connectivity index (χ3n) is 2.42. The van der Waals surface area contributed by atoms with Gasteiger partial charge in [0, 0.05) is 0 Å². The maximum absolute atomic E-state index is 13.2. The van der Waals surface area contributed by atoms with Crippen molar-refractivity contribution in [3.63, 3.8) is 0 Å². The van der Waals surface area contributed by atoms with E-state index in [-0.39, 0.29) is 18.0 Å². The van der Waals surface area contributed by atoms with Crippen molar-refractivity contribution in [2.45, 2.75) is 6.61 Å². The van der Waals surface area contributed by atoms with Crippen LogP contribution in [0, 0.1) is 11.6 Å². The highest BCUT2D eigenvalue weighted by Gasteiger charge is 2.07. The molecule has 0 amide bonds. The van der Waals surface area contributed by atoms with E-state index in [0.717, 1.165) is 6.07 Å². The topological polar surface area (TPSA) is 46.5 Å². The third kappa shape index (κ3) is 3.51. The summed E-state index contributed by atoms with van der Waals surface area (Å²) in [7, 11) is 0. The van der Waals surface area contributed by atoms with Crippen molar-refractivity contribution in [3.05, 3.63) is 65.2 Å². The van der Waals surface area contributed by atoms with Crippen LogP contribution in [0.25, 0.3) is 0 Å². The highest BCUT2D eigenvalue weighted by molar-refractivity contribution is 5.87. The van der Waals surface area contributed by atoms with Gasteiger partial charge in [-0.3, -0.25) is 0 Å². The van der Waals surface area contributed by atoms with Crippen molar-refractivity contribution in [1.82, 2.24) is 0 Å². The molecule has 0 spiro atoms.